The Balaban J connectivity index is 1.86. The molecule has 1 aliphatic carbocycles. The summed E-state index contributed by atoms with van der Waals surface area (Å²) in [7, 11) is 1.99. The number of nitrogens with one attached hydrogen (secondary N) is 1. The van der Waals surface area contributed by atoms with Crippen LogP contribution >= 0.6 is 0 Å². The number of likely N-dealkylation sites (N-methyl/N-ethyl adjacent to an activating group) is 1. The number of aromatic nitrogens is 1. The highest BCUT2D eigenvalue weighted by atomic mass is 16.5. The highest BCUT2D eigenvalue weighted by Gasteiger charge is 2.31. The maximum absolute atomic E-state index is 12.0. The largest absolute Gasteiger partial charge is 0.338 e. The Labute approximate surface area is 120 Å². The first-order valence-electron chi connectivity index (χ1n) is 7.24. The monoisotopic (exact) mass is 279 g/mol. The Hall–Kier alpha value is -1.36. The number of amides is 1. The lowest BCUT2D eigenvalue weighted by atomic mass is 9.92. The molecule has 0 radical (unpaired) electrons. The molecule has 2 rings (SSSR count). The first kappa shape index (κ1) is 15.0. The summed E-state index contributed by atoms with van der Waals surface area (Å²) in [6.07, 6.45) is 2.56. The molecular formula is C15H25N3O2. The fraction of sp³-hybridized carbons (Fsp3) is 0.733. The van der Waals surface area contributed by atoms with Crippen molar-refractivity contribution in [2.75, 3.05) is 18.9 Å². The molecule has 1 unspecified atom stereocenters. The summed E-state index contributed by atoms with van der Waals surface area (Å²) in [6.45, 7) is 8.73. The highest BCUT2D eigenvalue weighted by Crippen LogP contribution is 2.34. The van der Waals surface area contributed by atoms with Crippen molar-refractivity contribution >= 4 is 11.8 Å². The van der Waals surface area contributed by atoms with E-state index in [1.165, 1.54) is 12.8 Å². The molecule has 5 heteroatoms. The predicted molar refractivity (Wildman–Crippen MR) is 78.6 cm³/mol. The van der Waals surface area contributed by atoms with Crippen molar-refractivity contribution in [2.24, 2.45) is 5.92 Å². The minimum atomic E-state index is -0.0796. The maximum atomic E-state index is 12.0. The first-order chi connectivity index (χ1) is 9.27. The van der Waals surface area contributed by atoms with Gasteiger partial charge >= 0.3 is 0 Å². The van der Waals surface area contributed by atoms with Gasteiger partial charge in [0.2, 0.25) is 11.8 Å². The van der Waals surface area contributed by atoms with E-state index in [2.05, 4.69) is 43.1 Å². The van der Waals surface area contributed by atoms with E-state index < -0.39 is 0 Å². The van der Waals surface area contributed by atoms with E-state index in [4.69, 9.17) is 4.52 Å². The smallest absolute Gasteiger partial charge is 0.240 e. The number of hydrogen-bond acceptors (Lipinski definition) is 4. The van der Waals surface area contributed by atoms with Gasteiger partial charge < -0.3 is 4.52 Å². The third kappa shape index (κ3) is 3.82. The van der Waals surface area contributed by atoms with E-state index in [9.17, 15) is 4.79 Å². The average Bonchev–Trinajstić information content (AvgIpc) is 3.07. The lowest BCUT2D eigenvalue weighted by Crippen LogP contribution is -2.37. The van der Waals surface area contributed by atoms with Crippen LogP contribution in [0.15, 0.2) is 10.6 Å². The minimum Gasteiger partial charge on any atom is -0.338 e. The van der Waals surface area contributed by atoms with E-state index in [1.807, 2.05) is 7.05 Å². The van der Waals surface area contributed by atoms with Gasteiger partial charge in [-0.1, -0.05) is 25.9 Å². The SMILES string of the molecule is CC(C1CC1)N(C)CC(=O)Nc1cc(C(C)(C)C)no1. The Bertz CT molecular complexity index is 472. The summed E-state index contributed by atoms with van der Waals surface area (Å²) in [4.78, 5) is 14.1. The molecule has 112 valence electrons. The van der Waals surface area contributed by atoms with Gasteiger partial charge in [-0.05, 0) is 32.7 Å². The summed E-state index contributed by atoms with van der Waals surface area (Å²) in [6, 6.07) is 2.25. The Morgan fingerprint density at radius 2 is 2.20 bits per heavy atom. The second kappa shape index (κ2) is 5.56. The van der Waals surface area contributed by atoms with Gasteiger partial charge in [0, 0.05) is 17.5 Å². The molecule has 1 atom stereocenters. The molecule has 0 saturated heterocycles. The van der Waals surface area contributed by atoms with Gasteiger partial charge in [-0.2, -0.15) is 0 Å². The molecule has 5 nitrogen and oxygen atoms in total. The van der Waals surface area contributed by atoms with Crippen molar-refractivity contribution in [3.8, 4) is 0 Å². The summed E-state index contributed by atoms with van der Waals surface area (Å²) >= 11 is 0. The van der Waals surface area contributed by atoms with Crippen LogP contribution in [0.3, 0.4) is 0 Å². The third-order valence-electron chi connectivity index (χ3n) is 3.93. The highest BCUT2D eigenvalue weighted by molar-refractivity contribution is 5.91. The van der Waals surface area contributed by atoms with Crippen LogP contribution in [0.4, 0.5) is 5.88 Å². The minimum absolute atomic E-state index is 0.0587. The van der Waals surface area contributed by atoms with Gasteiger partial charge in [0.25, 0.3) is 0 Å². The van der Waals surface area contributed by atoms with E-state index in [-0.39, 0.29) is 11.3 Å². The van der Waals surface area contributed by atoms with Gasteiger partial charge in [0.15, 0.2) is 0 Å². The zero-order valence-electron chi connectivity index (χ0n) is 13.1. The normalized spacial score (nSPS) is 17.3. The van der Waals surface area contributed by atoms with E-state index in [0.717, 1.165) is 11.6 Å². The van der Waals surface area contributed by atoms with Gasteiger partial charge in [-0.3, -0.25) is 15.0 Å². The number of rotatable bonds is 5. The molecule has 1 aliphatic rings. The van der Waals surface area contributed by atoms with Gasteiger partial charge in [0.1, 0.15) is 0 Å². The molecule has 0 spiro atoms. The topological polar surface area (TPSA) is 58.4 Å². The van der Waals surface area contributed by atoms with E-state index >= 15 is 0 Å². The van der Waals surface area contributed by atoms with Crippen molar-refractivity contribution in [2.45, 2.75) is 52.0 Å². The summed E-state index contributed by atoms with van der Waals surface area (Å²) in [5, 5.41) is 6.76. The molecule has 1 heterocycles. The Kier molecular flexibility index (Phi) is 4.18. The predicted octanol–water partition coefficient (Wildman–Crippen LogP) is 2.64. The number of anilines is 1. The maximum Gasteiger partial charge on any atom is 0.240 e. The molecule has 0 aromatic carbocycles. The molecule has 1 aromatic rings. The van der Waals surface area contributed by atoms with Gasteiger partial charge in [-0.15, -0.1) is 0 Å². The quantitative estimate of drug-likeness (QED) is 0.900. The third-order valence-corrected chi connectivity index (χ3v) is 3.93. The van der Waals surface area contributed by atoms with Crippen molar-refractivity contribution in [3.05, 3.63) is 11.8 Å². The van der Waals surface area contributed by atoms with Crippen LogP contribution in [0, 0.1) is 5.92 Å². The van der Waals surface area contributed by atoms with E-state index in [0.29, 0.717) is 18.5 Å². The fourth-order valence-corrected chi connectivity index (χ4v) is 2.17. The standard InChI is InChI=1S/C15H25N3O2/c1-10(11-6-7-11)18(5)9-13(19)16-14-8-12(17-20-14)15(2,3)4/h8,10-11H,6-7,9H2,1-5H3,(H,16,19). The fourth-order valence-electron chi connectivity index (χ4n) is 2.17. The lowest BCUT2D eigenvalue weighted by molar-refractivity contribution is -0.117. The molecule has 20 heavy (non-hydrogen) atoms. The molecule has 0 bridgehead atoms. The number of carbonyl (C=O) groups is 1. The molecule has 0 aliphatic heterocycles. The van der Waals surface area contributed by atoms with Crippen LogP contribution in [-0.4, -0.2) is 35.6 Å². The average molecular weight is 279 g/mol. The van der Waals surface area contributed by atoms with E-state index in [1.54, 1.807) is 6.07 Å². The van der Waals surface area contributed by atoms with Crippen molar-refractivity contribution < 1.29 is 9.32 Å². The zero-order valence-corrected chi connectivity index (χ0v) is 13.1. The van der Waals surface area contributed by atoms with Crippen LogP contribution in [0.2, 0.25) is 0 Å². The second-order valence-electron chi connectivity index (χ2n) is 6.87. The van der Waals surface area contributed by atoms with Crippen molar-refractivity contribution in [1.29, 1.82) is 0 Å². The summed E-state index contributed by atoms with van der Waals surface area (Å²) in [5.74, 6) is 1.12. The first-order valence-corrected chi connectivity index (χ1v) is 7.24. The van der Waals surface area contributed by atoms with Crippen LogP contribution < -0.4 is 5.32 Å². The number of nitrogens with zero attached hydrogens (tertiary/aromatic N) is 2. The lowest BCUT2D eigenvalue weighted by Gasteiger charge is -2.23. The number of carbonyl (C=O) groups excluding carboxylic acids is 1. The van der Waals surface area contributed by atoms with Crippen LogP contribution in [0.1, 0.15) is 46.2 Å². The molecule has 1 N–H and O–H groups in total. The van der Waals surface area contributed by atoms with Crippen LogP contribution in [-0.2, 0) is 10.2 Å². The van der Waals surface area contributed by atoms with Crippen molar-refractivity contribution in [3.63, 3.8) is 0 Å². The molecular weight excluding hydrogens is 254 g/mol. The second-order valence-corrected chi connectivity index (χ2v) is 6.87. The Morgan fingerprint density at radius 1 is 1.55 bits per heavy atom. The Morgan fingerprint density at radius 3 is 2.70 bits per heavy atom. The van der Waals surface area contributed by atoms with Gasteiger partial charge in [0.05, 0.1) is 12.2 Å². The summed E-state index contributed by atoms with van der Waals surface area (Å²) in [5.41, 5.74) is 0.761. The summed E-state index contributed by atoms with van der Waals surface area (Å²) < 4.78 is 5.16. The molecule has 1 amide bonds. The van der Waals surface area contributed by atoms with Crippen molar-refractivity contribution in [1.82, 2.24) is 10.1 Å². The molecule has 1 aromatic heterocycles. The molecule has 1 saturated carbocycles. The number of hydrogen-bond donors (Lipinski definition) is 1. The van der Waals surface area contributed by atoms with Crippen LogP contribution in [0.25, 0.3) is 0 Å². The zero-order chi connectivity index (χ0) is 14.9. The van der Waals surface area contributed by atoms with Gasteiger partial charge in [-0.25, -0.2) is 0 Å². The molecule has 1 fully saturated rings. The van der Waals surface area contributed by atoms with Crippen LogP contribution in [0.5, 0.6) is 0 Å².